The van der Waals surface area contributed by atoms with E-state index < -0.39 is 0 Å². The van der Waals surface area contributed by atoms with Crippen LogP contribution in [0.15, 0.2) is 42.5 Å². The number of phenols is 1. The van der Waals surface area contributed by atoms with Crippen LogP contribution in [0.5, 0.6) is 11.5 Å². The Kier molecular flexibility index (Phi) is 4.33. The Morgan fingerprint density at radius 3 is 2.71 bits per heavy atom. The van der Waals surface area contributed by atoms with Gasteiger partial charge in [-0.3, -0.25) is 4.79 Å². The van der Waals surface area contributed by atoms with Crippen molar-refractivity contribution in [1.29, 1.82) is 0 Å². The fourth-order valence-corrected chi connectivity index (χ4v) is 2.06. The quantitative estimate of drug-likeness (QED) is 0.845. The predicted molar refractivity (Wildman–Crippen MR) is 81.3 cm³/mol. The van der Waals surface area contributed by atoms with Gasteiger partial charge in [0.2, 0.25) is 0 Å². The summed E-state index contributed by atoms with van der Waals surface area (Å²) in [6.45, 7) is 0.407. The molecule has 0 aliphatic carbocycles. The Morgan fingerprint density at radius 2 is 2.05 bits per heavy atom. The highest BCUT2D eigenvalue weighted by atomic mass is 16.5. The smallest absolute Gasteiger partial charge is 0.253 e. The summed E-state index contributed by atoms with van der Waals surface area (Å²) in [6, 6.07) is 11.9. The monoisotopic (exact) mass is 286 g/mol. The summed E-state index contributed by atoms with van der Waals surface area (Å²) in [5.41, 5.74) is 7.65. The van der Waals surface area contributed by atoms with Crippen LogP contribution < -0.4 is 10.5 Å². The molecule has 1 amide bonds. The minimum atomic E-state index is -0.116. The van der Waals surface area contributed by atoms with Crippen LogP contribution in [0.25, 0.3) is 0 Å². The number of hydrogen-bond acceptors (Lipinski definition) is 4. The van der Waals surface area contributed by atoms with Crippen LogP contribution >= 0.6 is 0 Å². The van der Waals surface area contributed by atoms with Gasteiger partial charge in [0.1, 0.15) is 0 Å². The lowest BCUT2D eigenvalue weighted by atomic mass is 10.1. The van der Waals surface area contributed by atoms with Crippen molar-refractivity contribution in [1.82, 2.24) is 4.90 Å². The fraction of sp³-hybridized carbons (Fsp3) is 0.188. The summed E-state index contributed by atoms with van der Waals surface area (Å²) in [7, 11) is 3.20. The maximum atomic E-state index is 12.3. The molecular formula is C16H18N2O3. The third-order valence-electron chi connectivity index (χ3n) is 3.14. The highest BCUT2D eigenvalue weighted by molar-refractivity contribution is 5.94. The minimum Gasteiger partial charge on any atom is -0.504 e. The molecule has 0 atom stereocenters. The molecule has 0 saturated heterocycles. The van der Waals surface area contributed by atoms with Gasteiger partial charge in [-0.1, -0.05) is 12.1 Å². The number of benzene rings is 2. The van der Waals surface area contributed by atoms with Gasteiger partial charge in [-0.25, -0.2) is 0 Å². The van der Waals surface area contributed by atoms with Crippen LogP contribution in [-0.4, -0.2) is 30.1 Å². The molecule has 21 heavy (non-hydrogen) atoms. The number of carbonyl (C=O) groups excluding carboxylic acids is 1. The SMILES string of the molecule is COc1cc(CN(C)C(=O)c2cccc(N)c2)ccc1O. The second-order valence-electron chi connectivity index (χ2n) is 4.79. The van der Waals surface area contributed by atoms with Crippen molar-refractivity contribution < 1.29 is 14.6 Å². The molecule has 110 valence electrons. The summed E-state index contributed by atoms with van der Waals surface area (Å²) >= 11 is 0. The highest BCUT2D eigenvalue weighted by Crippen LogP contribution is 2.26. The third kappa shape index (κ3) is 3.45. The molecule has 2 aromatic rings. The lowest BCUT2D eigenvalue weighted by Crippen LogP contribution is -2.26. The molecule has 5 heteroatoms. The van der Waals surface area contributed by atoms with Gasteiger partial charge in [0.05, 0.1) is 7.11 Å². The van der Waals surface area contributed by atoms with E-state index in [1.165, 1.54) is 7.11 Å². The molecule has 0 aromatic heterocycles. The summed E-state index contributed by atoms with van der Waals surface area (Å²) in [5, 5.41) is 9.57. The molecule has 0 aliphatic rings. The van der Waals surface area contributed by atoms with Crippen molar-refractivity contribution >= 4 is 11.6 Å². The fourth-order valence-electron chi connectivity index (χ4n) is 2.06. The van der Waals surface area contributed by atoms with Crippen LogP contribution in [0.2, 0.25) is 0 Å². The second kappa shape index (κ2) is 6.17. The maximum absolute atomic E-state index is 12.3. The Labute approximate surface area is 123 Å². The van der Waals surface area contributed by atoms with E-state index in [2.05, 4.69) is 0 Å². The molecule has 0 heterocycles. The number of methoxy groups -OCH3 is 1. The zero-order chi connectivity index (χ0) is 15.4. The number of carbonyl (C=O) groups is 1. The Hall–Kier alpha value is -2.69. The molecule has 2 aromatic carbocycles. The van der Waals surface area contributed by atoms with Gasteiger partial charge < -0.3 is 20.5 Å². The number of nitrogen functional groups attached to an aromatic ring is 1. The van der Waals surface area contributed by atoms with E-state index in [9.17, 15) is 9.90 Å². The first-order valence-electron chi connectivity index (χ1n) is 6.48. The van der Waals surface area contributed by atoms with Gasteiger partial charge in [0.15, 0.2) is 11.5 Å². The second-order valence-corrected chi connectivity index (χ2v) is 4.79. The standard InChI is InChI=1S/C16H18N2O3/c1-18(16(20)12-4-3-5-13(17)9-12)10-11-6-7-14(19)15(8-11)21-2/h3-9,19H,10,17H2,1-2H3. The predicted octanol–water partition coefficient (Wildman–Crippen LogP) is 2.26. The van der Waals surface area contributed by atoms with Crippen LogP contribution in [0, 0.1) is 0 Å². The summed E-state index contributed by atoms with van der Waals surface area (Å²) in [5.74, 6) is 0.345. The molecule has 0 fully saturated rings. The van der Waals surface area contributed by atoms with Crippen LogP contribution in [0.3, 0.4) is 0 Å². The first-order valence-corrected chi connectivity index (χ1v) is 6.48. The molecule has 3 N–H and O–H groups in total. The van der Waals surface area contributed by atoms with Gasteiger partial charge in [-0.15, -0.1) is 0 Å². The molecule has 0 bridgehead atoms. The number of hydrogen-bond donors (Lipinski definition) is 2. The molecular weight excluding hydrogens is 268 g/mol. The van der Waals surface area contributed by atoms with Crippen molar-refractivity contribution in [3.63, 3.8) is 0 Å². The van der Waals surface area contributed by atoms with Gasteiger partial charge in [-0.2, -0.15) is 0 Å². The van der Waals surface area contributed by atoms with Crippen molar-refractivity contribution in [3.8, 4) is 11.5 Å². The largest absolute Gasteiger partial charge is 0.504 e. The van der Waals surface area contributed by atoms with Crippen LogP contribution in [-0.2, 0) is 6.54 Å². The zero-order valence-corrected chi connectivity index (χ0v) is 12.0. The zero-order valence-electron chi connectivity index (χ0n) is 12.0. The summed E-state index contributed by atoms with van der Waals surface area (Å²) in [4.78, 5) is 13.9. The number of nitrogens with zero attached hydrogens (tertiary/aromatic N) is 1. The number of aromatic hydroxyl groups is 1. The molecule has 0 radical (unpaired) electrons. The number of anilines is 1. The average Bonchev–Trinajstić information content (AvgIpc) is 2.48. The van der Waals surface area contributed by atoms with E-state index in [0.29, 0.717) is 23.5 Å². The Morgan fingerprint density at radius 1 is 1.29 bits per heavy atom. The number of rotatable bonds is 4. The molecule has 2 rings (SSSR count). The number of amides is 1. The van der Waals surface area contributed by atoms with E-state index in [-0.39, 0.29) is 11.7 Å². The molecule has 0 unspecified atom stereocenters. The summed E-state index contributed by atoms with van der Waals surface area (Å²) in [6.07, 6.45) is 0. The lowest BCUT2D eigenvalue weighted by molar-refractivity contribution is 0.0785. The normalized spacial score (nSPS) is 10.2. The van der Waals surface area contributed by atoms with E-state index >= 15 is 0 Å². The topological polar surface area (TPSA) is 75.8 Å². The van der Waals surface area contributed by atoms with Crippen LogP contribution in [0.1, 0.15) is 15.9 Å². The van der Waals surface area contributed by atoms with Crippen molar-refractivity contribution in [3.05, 3.63) is 53.6 Å². The third-order valence-corrected chi connectivity index (χ3v) is 3.14. The van der Waals surface area contributed by atoms with Gasteiger partial charge >= 0.3 is 0 Å². The Bertz CT molecular complexity index is 656. The first kappa shape index (κ1) is 14.7. The summed E-state index contributed by atoms with van der Waals surface area (Å²) < 4.78 is 5.06. The first-order chi connectivity index (χ1) is 10.0. The average molecular weight is 286 g/mol. The number of ether oxygens (including phenoxy) is 1. The maximum Gasteiger partial charge on any atom is 0.253 e. The Balaban J connectivity index is 2.14. The van der Waals surface area contributed by atoms with Crippen LogP contribution in [0.4, 0.5) is 5.69 Å². The van der Waals surface area contributed by atoms with Crippen molar-refractivity contribution in [2.45, 2.75) is 6.54 Å². The minimum absolute atomic E-state index is 0.0751. The van der Waals surface area contributed by atoms with Gasteiger partial charge in [-0.05, 0) is 35.9 Å². The van der Waals surface area contributed by atoms with Crippen molar-refractivity contribution in [2.75, 3.05) is 19.9 Å². The van der Waals surface area contributed by atoms with Crippen molar-refractivity contribution in [2.24, 2.45) is 0 Å². The van der Waals surface area contributed by atoms with E-state index in [4.69, 9.17) is 10.5 Å². The lowest BCUT2D eigenvalue weighted by Gasteiger charge is -2.18. The molecule has 0 aliphatic heterocycles. The van der Waals surface area contributed by atoms with E-state index in [0.717, 1.165) is 5.56 Å². The van der Waals surface area contributed by atoms with E-state index in [1.807, 2.05) is 0 Å². The highest BCUT2D eigenvalue weighted by Gasteiger charge is 2.13. The molecule has 5 nitrogen and oxygen atoms in total. The number of nitrogens with two attached hydrogens (primary N) is 1. The van der Waals surface area contributed by atoms with Gasteiger partial charge in [0, 0.05) is 24.8 Å². The molecule has 0 spiro atoms. The number of phenolic OH excluding ortho intramolecular Hbond substituents is 1. The molecule has 0 saturated carbocycles. The van der Waals surface area contributed by atoms with Gasteiger partial charge in [0.25, 0.3) is 5.91 Å². The van der Waals surface area contributed by atoms with E-state index in [1.54, 1.807) is 54.4 Å².